The minimum absolute atomic E-state index is 0.632. The number of nitrogens with zero attached hydrogens (tertiary/aromatic N) is 3. The summed E-state index contributed by atoms with van der Waals surface area (Å²) in [5.41, 5.74) is 3.52. The number of fused-ring (bicyclic) bond motifs is 1. The Morgan fingerprint density at radius 3 is 2.72 bits per heavy atom. The van der Waals surface area contributed by atoms with Crippen molar-refractivity contribution < 1.29 is 0 Å². The van der Waals surface area contributed by atoms with Gasteiger partial charge in [0.1, 0.15) is 4.60 Å². The molecule has 3 nitrogen and oxygen atoms in total. The van der Waals surface area contributed by atoms with Gasteiger partial charge in [0.05, 0.1) is 0 Å². The van der Waals surface area contributed by atoms with E-state index in [0.717, 1.165) is 35.3 Å². The minimum atomic E-state index is 0.632. The third-order valence-corrected chi connectivity index (χ3v) is 4.33. The van der Waals surface area contributed by atoms with Crippen LogP contribution in [0.25, 0.3) is 5.65 Å². The molecule has 0 aliphatic rings. The predicted octanol–water partition coefficient (Wildman–Crippen LogP) is 3.95. The fourth-order valence-corrected chi connectivity index (χ4v) is 3.00. The van der Waals surface area contributed by atoms with Crippen LogP contribution in [0.15, 0.2) is 10.7 Å². The van der Waals surface area contributed by atoms with Crippen LogP contribution in [0.5, 0.6) is 0 Å². The Kier molecular flexibility index (Phi) is 4.05. The van der Waals surface area contributed by atoms with E-state index in [1.165, 1.54) is 11.1 Å². The topological polar surface area (TPSA) is 30.2 Å². The van der Waals surface area contributed by atoms with Crippen LogP contribution in [0.2, 0.25) is 0 Å². The van der Waals surface area contributed by atoms with Crippen LogP contribution in [0.4, 0.5) is 0 Å². The van der Waals surface area contributed by atoms with E-state index in [2.05, 4.69) is 59.8 Å². The molecule has 1 unspecified atom stereocenters. The number of hydrogen-bond acceptors (Lipinski definition) is 2. The fourth-order valence-electron chi connectivity index (χ4n) is 2.14. The van der Waals surface area contributed by atoms with Crippen LogP contribution < -0.4 is 0 Å². The highest BCUT2D eigenvalue weighted by Crippen LogP contribution is 2.23. The number of halogens is 1. The van der Waals surface area contributed by atoms with E-state index in [-0.39, 0.29) is 0 Å². The Morgan fingerprint density at radius 2 is 2.11 bits per heavy atom. The molecule has 0 aliphatic heterocycles. The molecule has 98 valence electrons. The van der Waals surface area contributed by atoms with Crippen LogP contribution >= 0.6 is 15.9 Å². The third-order valence-electron chi connectivity index (χ3n) is 3.51. The van der Waals surface area contributed by atoms with Gasteiger partial charge in [-0.1, -0.05) is 27.2 Å². The largest absolute Gasteiger partial charge is 0.212 e. The first-order valence-electron chi connectivity index (χ1n) is 6.60. The van der Waals surface area contributed by atoms with E-state index < -0.39 is 0 Å². The van der Waals surface area contributed by atoms with Gasteiger partial charge < -0.3 is 0 Å². The van der Waals surface area contributed by atoms with Crippen LogP contribution in [0, 0.1) is 12.8 Å². The number of rotatable bonds is 4. The molecule has 0 spiro atoms. The normalized spacial score (nSPS) is 13.2. The van der Waals surface area contributed by atoms with E-state index in [1.54, 1.807) is 0 Å². The van der Waals surface area contributed by atoms with Crippen molar-refractivity contribution in [1.29, 1.82) is 0 Å². The number of aryl methyl sites for hydroxylation is 1. The fraction of sp³-hybridized carbons (Fsp3) is 0.571. The molecule has 0 radical (unpaired) electrons. The zero-order chi connectivity index (χ0) is 13.3. The number of aromatic nitrogens is 3. The molecule has 0 saturated heterocycles. The van der Waals surface area contributed by atoms with Crippen molar-refractivity contribution in [1.82, 2.24) is 14.6 Å². The standard InChI is InChI=1S/C14H20BrN3/c1-5-9(3)7-12-16-13-8-10(4)11(6-2)14(15)18(13)17-12/h8-9H,5-7H2,1-4H3. The highest BCUT2D eigenvalue weighted by Gasteiger charge is 2.13. The van der Waals surface area contributed by atoms with Gasteiger partial charge in [0.2, 0.25) is 0 Å². The summed E-state index contributed by atoms with van der Waals surface area (Å²) in [5.74, 6) is 1.57. The zero-order valence-electron chi connectivity index (χ0n) is 11.5. The van der Waals surface area contributed by atoms with Gasteiger partial charge in [0.25, 0.3) is 0 Å². The second-order valence-corrected chi connectivity index (χ2v) is 5.72. The molecule has 0 bridgehead atoms. The maximum atomic E-state index is 4.62. The summed E-state index contributed by atoms with van der Waals surface area (Å²) in [7, 11) is 0. The highest BCUT2D eigenvalue weighted by molar-refractivity contribution is 9.10. The van der Waals surface area contributed by atoms with E-state index in [4.69, 9.17) is 0 Å². The number of pyridine rings is 1. The van der Waals surface area contributed by atoms with Gasteiger partial charge in [0, 0.05) is 6.42 Å². The van der Waals surface area contributed by atoms with Gasteiger partial charge >= 0.3 is 0 Å². The predicted molar refractivity (Wildman–Crippen MR) is 78.0 cm³/mol. The van der Waals surface area contributed by atoms with Gasteiger partial charge in [-0.05, 0) is 52.4 Å². The highest BCUT2D eigenvalue weighted by atomic mass is 79.9. The number of hydrogen-bond donors (Lipinski definition) is 0. The minimum Gasteiger partial charge on any atom is -0.212 e. The molecular formula is C14H20BrN3. The lowest BCUT2D eigenvalue weighted by Gasteiger charge is -2.06. The summed E-state index contributed by atoms with van der Waals surface area (Å²) in [6.07, 6.45) is 3.12. The molecule has 18 heavy (non-hydrogen) atoms. The SMILES string of the molecule is CCc1c(C)cc2nc(CC(C)CC)nn2c1Br. The Bertz CT molecular complexity index is 560. The summed E-state index contributed by atoms with van der Waals surface area (Å²) in [5, 5.41) is 4.61. The van der Waals surface area contributed by atoms with Crippen molar-refractivity contribution in [3.8, 4) is 0 Å². The Hall–Kier alpha value is -0.900. The van der Waals surface area contributed by atoms with Gasteiger partial charge in [0.15, 0.2) is 11.5 Å². The van der Waals surface area contributed by atoms with Crippen molar-refractivity contribution in [2.75, 3.05) is 0 Å². The molecular weight excluding hydrogens is 290 g/mol. The van der Waals surface area contributed by atoms with E-state index in [9.17, 15) is 0 Å². The Morgan fingerprint density at radius 1 is 1.39 bits per heavy atom. The average molecular weight is 310 g/mol. The molecule has 2 aromatic heterocycles. The second kappa shape index (κ2) is 5.39. The molecule has 0 fully saturated rings. The molecule has 2 heterocycles. The van der Waals surface area contributed by atoms with Crippen molar-refractivity contribution in [2.24, 2.45) is 5.92 Å². The van der Waals surface area contributed by atoms with Crippen LogP contribution in [0.1, 0.15) is 44.1 Å². The van der Waals surface area contributed by atoms with Crippen LogP contribution in [0.3, 0.4) is 0 Å². The molecule has 2 aromatic rings. The molecule has 1 atom stereocenters. The van der Waals surface area contributed by atoms with Crippen LogP contribution in [-0.2, 0) is 12.8 Å². The van der Waals surface area contributed by atoms with Crippen molar-refractivity contribution in [3.63, 3.8) is 0 Å². The maximum absolute atomic E-state index is 4.62. The summed E-state index contributed by atoms with van der Waals surface area (Å²) >= 11 is 3.65. The first-order chi connectivity index (χ1) is 8.56. The van der Waals surface area contributed by atoms with Crippen molar-refractivity contribution in [2.45, 2.75) is 47.0 Å². The summed E-state index contributed by atoms with van der Waals surface area (Å²) in [6, 6.07) is 2.12. The molecule has 4 heteroatoms. The quantitative estimate of drug-likeness (QED) is 0.800. The lowest BCUT2D eigenvalue weighted by molar-refractivity contribution is 0.543. The van der Waals surface area contributed by atoms with Gasteiger partial charge in [-0.2, -0.15) is 5.10 Å². The summed E-state index contributed by atoms with van der Waals surface area (Å²) in [4.78, 5) is 4.62. The summed E-state index contributed by atoms with van der Waals surface area (Å²) < 4.78 is 2.96. The van der Waals surface area contributed by atoms with Gasteiger partial charge in [-0.3, -0.25) is 0 Å². The molecule has 0 aliphatic carbocycles. The van der Waals surface area contributed by atoms with E-state index in [1.807, 2.05) is 4.52 Å². The monoisotopic (exact) mass is 309 g/mol. The van der Waals surface area contributed by atoms with Crippen molar-refractivity contribution in [3.05, 3.63) is 27.6 Å². The van der Waals surface area contributed by atoms with E-state index >= 15 is 0 Å². The molecule has 2 rings (SSSR count). The van der Waals surface area contributed by atoms with Gasteiger partial charge in [-0.15, -0.1) is 0 Å². The van der Waals surface area contributed by atoms with Crippen molar-refractivity contribution >= 4 is 21.6 Å². The first kappa shape index (κ1) is 13.5. The average Bonchev–Trinajstić information content (AvgIpc) is 2.72. The zero-order valence-corrected chi connectivity index (χ0v) is 13.1. The molecule has 0 aromatic carbocycles. The summed E-state index contributed by atoms with van der Waals surface area (Å²) in [6.45, 7) is 8.74. The lowest BCUT2D eigenvalue weighted by Crippen LogP contribution is -2.01. The molecule has 0 saturated carbocycles. The smallest absolute Gasteiger partial charge is 0.157 e. The Labute approximate surface area is 117 Å². The molecule has 0 amide bonds. The Balaban J connectivity index is 2.48. The lowest BCUT2D eigenvalue weighted by atomic mass is 10.1. The van der Waals surface area contributed by atoms with Crippen LogP contribution in [-0.4, -0.2) is 14.6 Å². The first-order valence-corrected chi connectivity index (χ1v) is 7.39. The third kappa shape index (κ3) is 2.44. The second-order valence-electron chi connectivity index (χ2n) is 4.97. The van der Waals surface area contributed by atoms with E-state index in [0.29, 0.717) is 5.92 Å². The maximum Gasteiger partial charge on any atom is 0.157 e. The van der Waals surface area contributed by atoms with Gasteiger partial charge in [-0.25, -0.2) is 9.50 Å². The molecule has 0 N–H and O–H groups in total.